The first-order valence-corrected chi connectivity index (χ1v) is 17.4. The number of rotatable bonds is 6. The lowest BCUT2D eigenvalue weighted by Crippen LogP contribution is -2.37. The van der Waals surface area contributed by atoms with Crippen LogP contribution in [0.25, 0.3) is 22.2 Å². The third kappa shape index (κ3) is 5.18. The zero-order valence-electron chi connectivity index (χ0n) is 23.6. The SMILES string of the molecule is CC(OC(=O)c1cc(-c2ccc(N3C(=O)C4C5CC(C(Br)C5Br)C4C3=O)cc2)nc2ccc(Br)cc12)C(=O)c1ccc(Cl)cc1. The summed E-state index contributed by atoms with van der Waals surface area (Å²) in [6, 6.07) is 20.5. The molecule has 1 aliphatic heterocycles. The summed E-state index contributed by atoms with van der Waals surface area (Å²) in [4.78, 5) is 59.9. The Morgan fingerprint density at radius 2 is 1.53 bits per heavy atom. The average Bonchev–Trinajstić information content (AvgIpc) is 3.65. The zero-order chi connectivity index (χ0) is 31.7. The van der Waals surface area contributed by atoms with E-state index in [4.69, 9.17) is 21.3 Å². The largest absolute Gasteiger partial charge is 0.451 e. The smallest absolute Gasteiger partial charge is 0.339 e. The number of ketones is 1. The molecule has 2 aliphatic carbocycles. The van der Waals surface area contributed by atoms with Crippen LogP contribution in [-0.4, -0.2) is 44.3 Å². The summed E-state index contributed by atoms with van der Waals surface area (Å²) >= 11 is 16.9. The van der Waals surface area contributed by atoms with Crippen molar-refractivity contribution in [3.05, 3.63) is 93.4 Å². The maximum atomic E-state index is 13.5. The van der Waals surface area contributed by atoms with Crippen molar-refractivity contribution in [3.8, 4) is 11.3 Å². The number of carbonyl (C=O) groups is 4. The van der Waals surface area contributed by atoms with E-state index < -0.39 is 12.1 Å². The van der Waals surface area contributed by atoms with Gasteiger partial charge in [0.2, 0.25) is 17.6 Å². The van der Waals surface area contributed by atoms with Crippen LogP contribution in [0.1, 0.15) is 34.1 Å². The molecule has 7 nitrogen and oxygen atoms in total. The Bertz CT molecular complexity index is 1870. The Balaban J connectivity index is 1.17. The van der Waals surface area contributed by atoms with E-state index in [9.17, 15) is 19.2 Å². The van der Waals surface area contributed by atoms with Crippen LogP contribution in [0.4, 0.5) is 5.69 Å². The number of carbonyl (C=O) groups excluding carboxylic acids is 4. The molecular formula is C34H24Br3ClN2O5. The number of hydrogen-bond donors (Lipinski definition) is 0. The Kier molecular flexibility index (Phi) is 7.99. The van der Waals surface area contributed by atoms with Crippen molar-refractivity contribution in [1.29, 1.82) is 0 Å². The van der Waals surface area contributed by atoms with Crippen LogP contribution < -0.4 is 4.90 Å². The van der Waals surface area contributed by atoms with Crippen LogP contribution in [0.15, 0.2) is 77.3 Å². The molecule has 3 aromatic carbocycles. The summed E-state index contributed by atoms with van der Waals surface area (Å²) in [6.45, 7) is 1.53. The predicted molar refractivity (Wildman–Crippen MR) is 182 cm³/mol. The molecule has 2 amide bonds. The number of imide groups is 1. The minimum Gasteiger partial charge on any atom is -0.451 e. The number of pyridine rings is 1. The number of ether oxygens (including phenoxy) is 1. The van der Waals surface area contributed by atoms with Crippen molar-refractivity contribution in [1.82, 2.24) is 4.98 Å². The van der Waals surface area contributed by atoms with Crippen molar-refractivity contribution in [3.63, 3.8) is 0 Å². The van der Waals surface area contributed by atoms with E-state index in [2.05, 4.69) is 47.8 Å². The number of hydrogen-bond acceptors (Lipinski definition) is 6. The number of fused-ring (bicyclic) bond motifs is 6. The van der Waals surface area contributed by atoms with Gasteiger partial charge in [-0.15, -0.1) is 0 Å². The Labute approximate surface area is 289 Å². The second-order valence-electron chi connectivity index (χ2n) is 11.7. The van der Waals surface area contributed by atoms with Gasteiger partial charge >= 0.3 is 5.97 Å². The highest BCUT2D eigenvalue weighted by Crippen LogP contribution is 2.60. The highest BCUT2D eigenvalue weighted by atomic mass is 79.9. The summed E-state index contributed by atoms with van der Waals surface area (Å²) in [5, 5.41) is 1.06. The monoisotopic (exact) mass is 812 g/mol. The third-order valence-electron chi connectivity index (χ3n) is 9.18. The van der Waals surface area contributed by atoms with Crippen LogP contribution in [0.3, 0.4) is 0 Å². The minimum atomic E-state index is -1.04. The molecular weight excluding hydrogens is 792 g/mol. The van der Waals surface area contributed by atoms with Crippen LogP contribution in [0.5, 0.6) is 0 Å². The van der Waals surface area contributed by atoms with E-state index >= 15 is 0 Å². The quantitative estimate of drug-likeness (QED) is 0.0848. The lowest BCUT2D eigenvalue weighted by Gasteiger charge is -2.28. The first-order chi connectivity index (χ1) is 21.5. The Morgan fingerprint density at radius 1 is 0.911 bits per heavy atom. The van der Waals surface area contributed by atoms with Gasteiger partial charge in [-0.2, -0.15) is 0 Å². The maximum Gasteiger partial charge on any atom is 0.339 e. The van der Waals surface area contributed by atoms with Crippen molar-refractivity contribution < 1.29 is 23.9 Å². The molecule has 1 saturated heterocycles. The van der Waals surface area contributed by atoms with Crippen LogP contribution in [0, 0.1) is 23.7 Å². The molecule has 0 N–H and O–H groups in total. The normalized spacial score (nSPS) is 25.9. The van der Waals surface area contributed by atoms with Crippen molar-refractivity contribution in [2.75, 3.05) is 4.90 Å². The second-order valence-corrected chi connectivity index (χ2v) is 15.2. The Hall–Kier alpha value is -2.92. The molecule has 0 radical (unpaired) electrons. The fraction of sp³-hybridized carbons (Fsp3) is 0.265. The first-order valence-electron chi connectivity index (χ1n) is 14.4. The van der Waals surface area contributed by atoms with Gasteiger partial charge in [0.1, 0.15) is 0 Å². The molecule has 1 aromatic heterocycles. The molecule has 228 valence electrons. The Morgan fingerprint density at radius 3 is 2.16 bits per heavy atom. The molecule has 4 aromatic rings. The molecule has 2 saturated carbocycles. The zero-order valence-corrected chi connectivity index (χ0v) is 29.1. The van der Waals surface area contributed by atoms with Crippen molar-refractivity contribution in [2.45, 2.75) is 29.1 Å². The highest BCUT2D eigenvalue weighted by Gasteiger charge is 2.66. The molecule has 0 spiro atoms. The highest BCUT2D eigenvalue weighted by molar-refractivity contribution is 9.12. The number of esters is 1. The third-order valence-corrected chi connectivity index (χ3v) is 13.1. The van der Waals surface area contributed by atoms with E-state index in [1.807, 2.05) is 6.07 Å². The summed E-state index contributed by atoms with van der Waals surface area (Å²) in [5.74, 6) is -1.64. The number of amides is 2. The lowest BCUT2D eigenvalue weighted by atomic mass is 9.81. The standard InChI is InChI=1S/C34H24Br3ClN2O5/c1-15(31(41)17-2-7-19(38)8-3-17)45-34(44)22-14-26(39-25-11-6-18(35)12-21(22)25)16-4-9-20(10-5-16)40-32(42)27-23-13-24(28(27)33(40)43)30(37)29(23)36/h2-12,14-15,23-24,27-30H,13H2,1H3. The minimum absolute atomic E-state index is 0.134. The summed E-state index contributed by atoms with van der Waals surface area (Å²) in [5.41, 5.74) is 2.89. The fourth-order valence-corrected chi connectivity index (χ4v) is 9.39. The molecule has 2 heterocycles. The van der Waals surface area contributed by atoms with Gasteiger partial charge in [-0.3, -0.25) is 19.3 Å². The summed E-state index contributed by atoms with van der Waals surface area (Å²) in [6.07, 6.45) is -0.171. The number of nitrogens with zero attached hydrogens (tertiary/aromatic N) is 2. The number of halogens is 4. The molecule has 7 rings (SSSR count). The molecule has 2 bridgehead atoms. The molecule has 7 unspecified atom stereocenters. The van der Waals surface area contributed by atoms with Crippen LogP contribution in [0.2, 0.25) is 5.02 Å². The number of Topliss-reactive ketones (excluding diaryl/α,β-unsaturated/α-hetero) is 1. The van der Waals surface area contributed by atoms with E-state index in [0.29, 0.717) is 38.4 Å². The predicted octanol–water partition coefficient (Wildman–Crippen LogP) is 8.03. The van der Waals surface area contributed by atoms with Gasteiger partial charge in [0.25, 0.3) is 0 Å². The molecule has 45 heavy (non-hydrogen) atoms. The van der Waals surface area contributed by atoms with Gasteiger partial charge in [0, 0.05) is 35.7 Å². The van der Waals surface area contributed by atoms with Crippen LogP contribution in [-0.2, 0) is 14.3 Å². The van der Waals surface area contributed by atoms with Crippen LogP contribution >= 0.6 is 59.4 Å². The number of benzene rings is 3. The summed E-state index contributed by atoms with van der Waals surface area (Å²) in [7, 11) is 0. The lowest BCUT2D eigenvalue weighted by molar-refractivity contribution is -0.123. The molecule has 11 heteroatoms. The second kappa shape index (κ2) is 11.7. The van der Waals surface area contributed by atoms with E-state index in [0.717, 1.165) is 10.9 Å². The summed E-state index contributed by atoms with van der Waals surface area (Å²) < 4.78 is 6.41. The van der Waals surface area contributed by atoms with Gasteiger partial charge in [0.05, 0.1) is 34.3 Å². The number of alkyl halides is 2. The fourth-order valence-electron chi connectivity index (χ4n) is 7.03. The van der Waals surface area contributed by atoms with Gasteiger partial charge in [-0.1, -0.05) is 71.5 Å². The van der Waals surface area contributed by atoms with Crippen molar-refractivity contribution >= 4 is 99.5 Å². The molecule has 3 fully saturated rings. The molecule has 7 atom stereocenters. The van der Waals surface area contributed by atoms with Gasteiger partial charge < -0.3 is 4.74 Å². The van der Waals surface area contributed by atoms with E-state index in [-0.39, 0.29) is 56.5 Å². The molecule has 3 aliphatic rings. The van der Waals surface area contributed by atoms with E-state index in [1.54, 1.807) is 66.7 Å². The van der Waals surface area contributed by atoms with E-state index in [1.165, 1.54) is 11.8 Å². The van der Waals surface area contributed by atoms with Crippen molar-refractivity contribution in [2.24, 2.45) is 23.7 Å². The topological polar surface area (TPSA) is 93.6 Å². The average molecular weight is 816 g/mol. The number of aromatic nitrogens is 1. The van der Waals surface area contributed by atoms with Gasteiger partial charge in [-0.25, -0.2) is 9.78 Å². The number of anilines is 1. The van der Waals surface area contributed by atoms with Gasteiger partial charge in [-0.05, 0) is 85.8 Å². The van der Waals surface area contributed by atoms with Gasteiger partial charge in [0.15, 0.2) is 6.10 Å². The first kappa shape index (κ1) is 30.7. The maximum absolute atomic E-state index is 13.5.